The van der Waals surface area contributed by atoms with Gasteiger partial charge in [-0.1, -0.05) is 30.3 Å². The van der Waals surface area contributed by atoms with E-state index >= 15 is 0 Å². The highest BCUT2D eigenvalue weighted by Gasteiger charge is 2.29. The van der Waals surface area contributed by atoms with Gasteiger partial charge in [-0.2, -0.15) is 0 Å². The van der Waals surface area contributed by atoms with Crippen molar-refractivity contribution in [2.45, 2.75) is 20.0 Å². The summed E-state index contributed by atoms with van der Waals surface area (Å²) < 4.78 is 4.93. The Balaban J connectivity index is 1.68. The van der Waals surface area contributed by atoms with Crippen molar-refractivity contribution in [1.82, 2.24) is 5.32 Å². The smallest absolute Gasteiger partial charge is 0.321 e. The Morgan fingerprint density at radius 1 is 1.19 bits per heavy atom. The minimum absolute atomic E-state index is 0.217. The number of aryl methyl sites for hydroxylation is 1. The van der Waals surface area contributed by atoms with Crippen LogP contribution in [0.15, 0.2) is 53.5 Å². The maximum Gasteiger partial charge on any atom is 0.321 e. The molecule has 3 rings (SSSR count). The van der Waals surface area contributed by atoms with Crippen LogP contribution in [0.3, 0.4) is 0 Å². The maximum absolute atomic E-state index is 13.2. The molecule has 8 nitrogen and oxygen atoms in total. The zero-order valence-corrected chi connectivity index (χ0v) is 18.9. The van der Waals surface area contributed by atoms with E-state index in [-0.39, 0.29) is 17.6 Å². The van der Waals surface area contributed by atoms with Crippen LogP contribution in [0.2, 0.25) is 0 Å². The lowest BCUT2D eigenvalue weighted by molar-refractivity contribution is -0.139. The second-order valence-corrected chi connectivity index (χ2v) is 8.16. The first-order valence-electron chi connectivity index (χ1n) is 10.3. The van der Waals surface area contributed by atoms with Crippen LogP contribution in [0.4, 0.5) is 16.2 Å². The molecular formula is C23H26N4O4S. The number of benzene rings is 2. The van der Waals surface area contributed by atoms with E-state index in [9.17, 15) is 14.4 Å². The zero-order valence-electron chi connectivity index (χ0n) is 18.0. The quantitative estimate of drug-likeness (QED) is 0.471. The monoisotopic (exact) mass is 454 g/mol. The highest BCUT2D eigenvalue weighted by molar-refractivity contribution is 7.99. The number of nitrogens with one attached hydrogen (secondary N) is 2. The summed E-state index contributed by atoms with van der Waals surface area (Å²) in [5.74, 6) is 0.119. The first-order chi connectivity index (χ1) is 15.5. The first kappa shape index (κ1) is 23.3. The Kier molecular flexibility index (Phi) is 8.27. The van der Waals surface area contributed by atoms with Crippen LogP contribution in [0.1, 0.15) is 18.1 Å². The number of rotatable bonds is 8. The topological polar surface area (TPSA) is 100 Å². The molecule has 0 fully saturated rings. The van der Waals surface area contributed by atoms with Gasteiger partial charge in [-0.25, -0.2) is 4.79 Å². The number of thioether (sulfide) groups is 1. The molecule has 0 saturated heterocycles. The summed E-state index contributed by atoms with van der Waals surface area (Å²) in [4.78, 5) is 43.2. The van der Waals surface area contributed by atoms with Crippen LogP contribution in [-0.2, 0) is 14.3 Å². The lowest BCUT2D eigenvalue weighted by Crippen LogP contribution is -2.49. The molecule has 0 bridgehead atoms. The molecule has 168 valence electrons. The third kappa shape index (κ3) is 6.34. The van der Waals surface area contributed by atoms with E-state index in [1.54, 1.807) is 24.1 Å². The van der Waals surface area contributed by atoms with Gasteiger partial charge in [0.25, 0.3) is 5.91 Å². The standard InChI is InChI=1S/C23H26N4O4S/c1-3-31-20(28)15-32-12-11-27-19-10-5-4-8-17(19)14-24-21(22(27)29)26-23(30)25-18-9-6-7-16(2)13-18/h4-10,13-14,21H,3,11-12,15H2,1-2H3,(H2,25,26,30). The summed E-state index contributed by atoms with van der Waals surface area (Å²) in [6.07, 6.45) is 0.527. The van der Waals surface area contributed by atoms with E-state index in [0.717, 1.165) is 11.1 Å². The molecule has 32 heavy (non-hydrogen) atoms. The molecule has 1 atom stereocenters. The van der Waals surface area contributed by atoms with E-state index in [1.807, 2.05) is 49.4 Å². The molecule has 0 aromatic heterocycles. The molecule has 0 spiro atoms. The van der Waals surface area contributed by atoms with Crippen molar-refractivity contribution in [3.8, 4) is 0 Å². The van der Waals surface area contributed by atoms with Crippen molar-refractivity contribution in [2.75, 3.05) is 34.9 Å². The SMILES string of the molecule is CCOC(=O)CSCCN1C(=O)C(NC(=O)Nc2cccc(C)c2)N=Cc2ccccc21. The molecule has 3 amide bonds. The molecule has 0 aliphatic carbocycles. The van der Waals surface area contributed by atoms with Gasteiger partial charge in [0.1, 0.15) is 0 Å². The van der Waals surface area contributed by atoms with Crippen molar-refractivity contribution in [2.24, 2.45) is 4.99 Å². The van der Waals surface area contributed by atoms with Gasteiger partial charge in [-0.3, -0.25) is 14.6 Å². The Bertz CT molecular complexity index is 1010. The molecular weight excluding hydrogens is 428 g/mol. The number of ether oxygens (including phenoxy) is 1. The van der Waals surface area contributed by atoms with Gasteiger partial charge in [0, 0.05) is 29.8 Å². The third-order valence-electron chi connectivity index (χ3n) is 4.62. The molecule has 0 saturated carbocycles. The Hall–Kier alpha value is -3.33. The lowest BCUT2D eigenvalue weighted by atomic mass is 10.2. The number of urea groups is 1. The molecule has 1 heterocycles. The maximum atomic E-state index is 13.2. The number of anilines is 2. The number of esters is 1. The van der Waals surface area contributed by atoms with Crippen molar-refractivity contribution in [3.63, 3.8) is 0 Å². The minimum atomic E-state index is -1.07. The molecule has 2 aromatic rings. The molecule has 1 aliphatic heterocycles. The van der Waals surface area contributed by atoms with Crippen molar-refractivity contribution in [1.29, 1.82) is 0 Å². The summed E-state index contributed by atoms with van der Waals surface area (Å²) in [5.41, 5.74) is 3.12. The van der Waals surface area contributed by atoms with E-state index in [1.165, 1.54) is 11.8 Å². The number of nitrogens with zero attached hydrogens (tertiary/aromatic N) is 2. The predicted octanol–water partition coefficient (Wildman–Crippen LogP) is 3.20. The number of hydrogen-bond donors (Lipinski definition) is 2. The van der Waals surface area contributed by atoms with Crippen molar-refractivity contribution >= 4 is 47.3 Å². The number of carbonyl (C=O) groups is 3. The molecule has 1 unspecified atom stereocenters. The summed E-state index contributed by atoms with van der Waals surface area (Å²) in [6.45, 7) is 4.39. The number of amides is 3. The number of hydrogen-bond acceptors (Lipinski definition) is 6. The Morgan fingerprint density at radius 3 is 2.78 bits per heavy atom. The Labute approximate surface area is 191 Å². The normalized spacial score (nSPS) is 15.0. The van der Waals surface area contributed by atoms with Crippen LogP contribution in [0.5, 0.6) is 0 Å². The number of para-hydroxylation sites is 1. The second kappa shape index (κ2) is 11.3. The highest BCUT2D eigenvalue weighted by atomic mass is 32.2. The number of aliphatic imine (C=N–C) groups is 1. The van der Waals surface area contributed by atoms with Gasteiger partial charge in [-0.15, -0.1) is 11.8 Å². The molecule has 1 aliphatic rings. The first-order valence-corrected chi connectivity index (χ1v) is 11.4. The van der Waals surface area contributed by atoms with E-state index in [0.29, 0.717) is 30.3 Å². The van der Waals surface area contributed by atoms with E-state index < -0.39 is 12.2 Å². The van der Waals surface area contributed by atoms with Crippen molar-refractivity contribution < 1.29 is 19.1 Å². The molecule has 0 radical (unpaired) electrons. The summed E-state index contributed by atoms with van der Waals surface area (Å²) in [7, 11) is 0. The van der Waals surface area contributed by atoms with E-state index in [4.69, 9.17) is 4.74 Å². The van der Waals surface area contributed by atoms with Gasteiger partial charge < -0.3 is 20.3 Å². The van der Waals surface area contributed by atoms with Gasteiger partial charge in [0.2, 0.25) is 6.17 Å². The Morgan fingerprint density at radius 2 is 2.00 bits per heavy atom. The van der Waals surface area contributed by atoms with Gasteiger partial charge in [0.05, 0.1) is 18.0 Å². The minimum Gasteiger partial charge on any atom is -0.465 e. The average molecular weight is 455 g/mol. The number of fused-ring (bicyclic) bond motifs is 1. The van der Waals surface area contributed by atoms with E-state index in [2.05, 4.69) is 15.6 Å². The van der Waals surface area contributed by atoms with Crippen LogP contribution in [0.25, 0.3) is 0 Å². The second-order valence-electron chi connectivity index (χ2n) is 7.05. The molecule has 9 heteroatoms. The van der Waals surface area contributed by atoms with Crippen LogP contribution in [0, 0.1) is 6.92 Å². The zero-order chi connectivity index (χ0) is 22.9. The van der Waals surface area contributed by atoms with Crippen LogP contribution < -0.4 is 15.5 Å². The summed E-state index contributed by atoms with van der Waals surface area (Å²) in [5, 5.41) is 5.38. The highest BCUT2D eigenvalue weighted by Crippen LogP contribution is 2.23. The van der Waals surface area contributed by atoms with Crippen LogP contribution in [-0.4, -0.2) is 54.9 Å². The van der Waals surface area contributed by atoms with Crippen LogP contribution >= 0.6 is 11.8 Å². The fourth-order valence-electron chi connectivity index (χ4n) is 3.19. The summed E-state index contributed by atoms with van der Waals surface area (Å²) >= 11 is 1.39. The van der Waals surface area contributed by atoms with Gasteiger partial charge in [-0.05, 0) is 37.6 Å². The molecule has 2 N–H and O–H groups in total. The number of carbonyl (C=O) groups excluding carboxylic acids is 3. The molecule has 2 aromatic carbocycles. The van der Waals surface area contributed by atoms with Gasteiger partial charge in [0.15, 0.2) is 0 Å². The summed E-state index contributed by atoms with van der Waals surface area (Å²) in [6, 6.07) is 14.3. The fourth-order valence-corrected chi connectivity index (χ4v) is 3.89. The predicted molar refractivity (Wildman–Crippen MR) is 127 cm³/mol. The van der Waals surface area contributed by atoms with Crippen molar-refractivity contribution in [3.05, 3.63) is 59.7 Å². The average Bonchev–Trinajstić information content (AvgIpc) is 2.89. The lowest BCUT2D eigenvalue weighted by Gasteiger charge is -2.25. The third-order valence-corrected chi connectivity index (χ3v) is 5.53. The fraction of sp³-hybridized carbons (Fsp3) is 0.304. The van der Waals surface area contributed by atoms with Gasteiger partial charge >= 0.3 is 12.0 Å². The largest absolute Gasteiger partial charge is 0.465 e. The number of benzodiazepines with no additional fused rings is 1.